The number of benzene rings is 2. The highest BCUT2D eigenvalue weighted by Crippen LogP contribution is 2.42. The van der Waals surface area contributed by atoms with Crippen molar-refractivity contribution in [3.8, 4) is 11.1 Å². The summed E-state index contributed by atoms with van der Waals surface area (Å²) in [6, 6.07) is 10.4. The van der Waals surface area contributed by atoms with E-state index in [1.54, 1.807) is 0 Å². The Morgan fingerprint density at radius 1 is 0.923 bits per heavy atom. The maximum absolute atomic E-state index is 10.7. The molecular formula is C24H33ClO. The lowest BCUT2D eigenvalue weighted by Crippen LogP contribution is -2.10. The van der Waals surface area contributed by atoms with Crippen molar-refractivity contribution < 1.29 is 5.11 Å². The van der Waals surface area contributed by atoms with Crippen molar-refractivity contribution in [1.29, 1.82) is 0 Å². The predicted molar refractivity (Wildman–Crippen MR) is 114 cm³/mol. The molecule has 0 amide bonds. The molecule has 0 fully saturated rings. The van der Waals surface area contributed by atoms with E-state index in [0.717, 1.165) is 35.4 Å². The van der Waals surface area contributed by atoms with Crippen LogP contribution in [0.4, 0.5) is 0 Å². The summed E-state index contributed by atoms with van der Waals surface area (Å²) in [5.41, 5.74) is 7.52. The minimum absolute atomic E-state index is 0.364. The first-order valence-corrected chi connectivity index (χ1v) is 10.3. The van der Waals surface area contributed by atoms with Crippen LogP contribution in [0.25, 0.3) is 11.1 Å². The third kappa shape index (κ3) is 4.50. The lowest BCUT2D eigenvalue weighted by atomic mass is 9.78. The quantitative estimate of drug-likeness (QED) is 0.529. The van der Waals surface area contributed by atoms with Crippen LogP contribution in [0.3, 0.4) is 0 Å². The Kier molecular flexibility index (Phi) is 7.32. The molecule has 0 spiro atoms. The molecule has 0 aliphatic heterocycles. The Bertz CT molecular complexity index is 727. The maximum Gasteiger partial charge on any atom is 0.0770 e. The Labute approximate surface area is 164 Å². The van der Waals surface area contributed by atoms with Crippen LogP contribution in [0.15, 0.2) is 30.3 Å². The van der Waals surface area contributed by atoms with Gasteiger partial charge in [-0.1, -0.05) is 70.8 Å². The van der Waals surface area contributed by atoms with Gasteiger partial charge < -0.3 is 5.11 Å². The van der Waals surface area contributed by atoms with E-state index in [1.165, 1.54) is 22.3 Å². The van der Waals surface area contributed by atoms with Gasteiger partial charge in [-0.05, 0) is 77.1 Å². The summed E-state index contributed by atoms with van der Waals surface area (Å²) in [4.78, 5) is 0. The summed E-state index contributed by atoms with van der Waals surface area (Å²) in [5.74, 6) is 0.817. The third-order valence-corrected chi connectivity index (χ3v) is 5.37. The van der Waals surface area contributed by atoms with E-state index >= 15 is 0 Å². The van der Waals surface area contributed by atoms with Crippen molar-refractivity contribution in [2.75, 3.05) is 0 Å². The lowest BCUT2D eigenvalue weighted by molar-refractivity contribution is 0.198. The molecule has 142 valence electrons. The monoisotopic (exact) mass is 372 g/mol. The van der Waals surface area contributed by atoms with Crippen LogP contribution < -0.4 is 0 Å². The van der Waals surface area contributed by atoms with Crippen LogP contribution in [-0.4, -0.2) is 5.11 Å². The topological polar surface area (TPSA) is 20.2 Å². The summed E-state index contributed by atoms with van der Waals surface area (Å²) in [7, 11) is 0. The molecule has 2 aromatic carbocycles. The number of aliphatic hydroxyl groups is 1. The van der Waals surface area contributed by atoms with Gasteiger partial charge in [0.15, 0.2) is 0 Å². The van der Waals surface area contributed by atoms with Gasteiger partial charge >= 0.3 is 0 Å². The molecule has 2 rings (SSSR count). The summed E-state index contributed by atoms with van der Waals surface area (Å²) in [6.45, 7) is 13.1. The molecule has 26 heavy (non-hydrogen) atoms. The molecule has 0 aliphatic carbocycles. The molecule has 0 radical (unpaired) electrons. The molecule has 1 atom stereocenters. The standard InChI is InChI=1S/C24H33ClO/c1-7-8-9-20-21(15(2)3)14-22(16(4)5)23(17(6)26)24(20)18-10-12-19(25)13-11-18/h10-17,26H,7-9H2,1-6H3. The number of rotatable bonds is 7. The molecule has 0 saturated carbocycles. The number of aliphatic hydroxyl groups excluding tert-OH is 1. The normalized spacial score (nSPS) is 12.8. The largest absolute Gasteiger partial charge is 0.389 e. The van der Waals surface area contributed by atoms with E-state index in [4.69, 9.17) is 11.6 Å². The Balaban J connectivity index is 2.90. The molecule has 2 aromatic rings. The summed E-state index contributed by atoms with van der Waals surface area (Å²) >= 11 is 6.14. The van der Waals surface area contributed by atoms with Crippen LogP contribution >= 0.6 is 11.6 Å². The molecule has 0 heterocycles. The van der Waals surface area contributed by atoms with E-state index in [0.29, 0.717) is 11.8 Å². The third-order valence-electron chi connectivity index (χ3n) is 5.12. The average Bonchev–Trinajstić information content (AvgIpc) is 2.58. The fourth-order valence-corrected chi connectivity index (χ4v) is 3.92. The first-order valence-electron chi connectivity index (χ1n) is 9.91. The van der Waals surface area contributed by atoms with E-state index < -0.39 is 6.10 Å². The fraction of sp³-hybridized carbons (Fsp3) is 0.500. The Hall–Kier alpha value is -1.31. The first-order chi connectivity index (χ1) is 12.3. The molecule has 0 aromatic heterocycles. The van der Waals surface area contributed by atoms with Gasteiger partial charge in [-0.25, -0.2) is 0 Å². The Morgan fingerprint density at radius 3 is 1.96 bits per heavy atom. The van der Waals surface area contributed by atoms with Gasteiger partial charge in [0.25, 0.3) is 0 Å². The number of unbranched alkanes of at least 4 members (excludes halogenated alkanes) is 1. The molecule has 2 heteroatoms. The van der Waals surface area contributed by atoms with E-state index in [9.17, 15) is 5.11 Å². The average molecular weight is 373 g/mol. The van der Waals surface area contributed by atoms with Crippen LogP contribution in [0.2, 0.25) is 5.02 Å². The van der Waals surface area contributed by atoms with Crippen LogP contribution in [0.1, 0.15) is 94.6 Å². The fourth-order valence-electron chi connectivity index (χ4n) is 3.80. The molecular weight excluding hydrogens is 340 g/mol. The lowest BCUT2D eigenvalue weighted by Gasteiger charge is -2.27. The van der Waals surface area contributed by atoms with E-state index in [-0.39, 0.29) is 0 Å². The second-order valence-corrected chi connectivity index (χ2v) is 8.35. The van der Waals surface area contributed by atoms with Crippen molar-refractivity contribution in [3.63, 3.8) is 0 Å². The maximum atomic E-state index is 10.7. The van der Waals surface area contributed by atoms with E-state index in [1.807, 2.05) is 19.1 Å². The smallest absolute Gasteiger partial charge is 0.0770 e. The minimum Gasteiger partial charge on any atom is -0.389 e. The first kappa shape index (κ1) is 21.0. The highest BCUT2D eigenvalue weighted by molar-refractivity contribution is 6.30. The molecule has 0 saturated heterocycles. The zero-order valence-electron chi connectivity index (χ0n) is 17.1. The van der Waals surface area contributed by atoms with Gasteiger partial charge in [-0.3, -0.25) is 0 Å². The molecule has 1 nitrogen and oxygen atoms in total. The highest BCUT2D eigenvalue weighted by atomic mass is 35.5. The second kappa shape index (κ2) is 9.06. The van der Waals surface area contributed by atoms with Crippen molar-refractivity contribution in [2.24, 2.45) is 0 Å². The van der Waals surface area contributed by atoms with Gasteiger partial charge in [0.05, 0.1) is 6.10 Å². The van der Waals surface area contributed by atoms with Gasteiger partial charge in [-0.2, -0.15) is 0 Å². The SMILES string of the molecule is CCCCc1c(C(C)C)cc(C(C)C)c(C(C)O)c1-c1ccc(Cl)cc1. The van der Waals surface area contributed by atoms with Gasteiger partial charge in [0, 0.05) is 5.02 Å². The second-order valence-electron chi connectivity index (χ2n) is 7.92. The van der Waals surface area contributed by atoms with Crippen molar-refractivity contribution in [1.82, 2.24) is 0 Å². The number of halogens is 1. The zero-order valence-corrected chi connectivity index (χ0v) is 17.8. The van der Waals surface area contributed by atoms with Gasteiger partial charge in [-0.15, -0.1) is 0 Å². The van der Waals surface area contributed by atoms with Crippen LogP contribution in [0.5, 0.6) is 0 Å². The zero-order chi connectivity index (χ0) is 19.4. The van der Waals surface area contributed by atoms with Crippen molar-refractivity contribution >= 4 is 11.6 Å². The van der Waals surface area contributed by atoms with Gasteiger partial charge in [0.1, 0.15) is 0 Å². The van der Waals surface area contributed by atoms with Crippen LogP contribution in [-0.2, 0) is 6.42 Å². The van der Waals surface area contributed by atoms with Crippen molar-refractivity contribution in [3.05, 3.63) is 57.6 Å². The summed E-state index contributed by atoms with van der Waals surface area (Å²) in [5, 5.41) is 11.4. The number of hydrogen-bond acceptors (Lipinski definition) is 1. The minimum atomic E-state index is -0.500. The summed E-state index contributed by atoms with van der Waals surface area (Å²) < 4.78 is 0. The Morgan fingerprint density at radius 2 is 1.50 bits per heavy atom. The highest BCUT2D eigenvalue weighted by Gasteiger charge is 2.24. The molecule has 1 unspecified atom stereocenters. The predicted octanol–water partition coefficient (Wildman–Crippen LogP) is 7.65. The molecule has 1 N–H and O–H groups in total. The molecule has 0 aliphatic rings. The molecule has 0 bridgehead atoms. The summed E-state index contributed by atoms with van der Waals surface area (Å²) in [6.07, 6.45) is 2.86. The number of hydrogen-bond donors (Lipinski definition) is 1. The van der Waals surface area contributed by atoms with Gasteiger partial charge in [0.2, 0.25) is 0 Å². The van der Waals surface area contributed by atoms with Crippen LogP contribution in [0, 0.1) is 0 Å². The van der Waals surface area contributed by atoms with Crippen molar-refractivity contribution in [2.45, 2.75) is 78.7 Å². The van der Waals surface area contributed by atoms with E-state index in [2.05, 4.69) is 52.8 Å².